The van der Waals surface area contributed by atoms with Crippen molar-refractivity contribution < 1.29 is 14.1 Å². The lowest BCUT2D eigenvalue weighted by molar-refractivity contribution is -0.387. The molecule has 1 aromatic carbocycles. The number of nitrogens with one attached hydrogen (secondary N) is 1. The molecule has 0 heterocycles. The molecule has 0 aliphatic rings. The fourth-order valence-electron chi connectivity index (χ4n) is 1.43. The average Bonchev–Trinajstić information content (AvgIpc) is 2.32. The summed E-state index contributed by atoms with van der Waals surface area (Å²) in [7, 11) is 0. The van der Waals surface area contributed by atoms with E-state index in [1.807, 2.05) is 6.92 Å². The molecule has 1 rings (SSSR count). The molecule has 0 saturated carbocycles. The molecule has 0 atom stereocenters. The summed E-state index contributed by atoms with van der Waals surface area (Å²) < 4.78 is 18.6. The second-order valence-electron chi connectivity index (χ2n) is 4.23. The van der Waals surface area contributed by atoms with Gasteiger partial charge in [-0.15, -0.1) is 0 Å². The van der Waals surface area contributed by atoms with Gasteiger partial charge in [-0.3, -0.25) is 10.1 Å². The van der Waals surface area contributed by atoms with E-state index < -0.39 is 16.4 Å². The van der Waals surface area contributed by atoms with Crippen molar-refractivity contribution in [1.29, 1.82) is 0 Å². The van der Waals surface area contributed by atoms with Crippen LogP contribution in [-0.2, 0) is 11.3 Å². The number of rotatable bonds is 8. The summed E-state index contributed by atoms with van der Waals surface area (Å²) in [5.41, 5.74) is 1.11. The predicted octanol–water partition coefficient (Wildman–Crippen LogP) is 2.42. The summed E-state index contributed by atoms with van der Waals surface area (Å²) in [6.45, 7) is 7.70. The monoisotopic (exact) mass is 268 g/mol. The quantitative estimate of drug-likeness (QED) is 0.340. The Morgan fingerprint density at radius 3 is 2.89 bits per heavy atom. The molecule has 0 radical (unpaired) electrons. The van der Waals surface area contributed by atoms with Gasteiger partial charge in [0, 0.05) is 19.2 Å². The van der Waals surface area contributed by atoms with Gasteiger partial charge in [-0.05, 0) is 18.6 Å². The molecule has 0 unspecified atom stereocenters. The van der Waals surface area contributed by atoms with Crippen molar-refractivity contribution in [2.75, 3.05) is 19.8 Å². The zero-order valence-electron chi connectivity index (χ0n) is 10.8. The van der Waals surface area contributed by atoms with Gasteiger partial charge in [-0.25, -0.2) is 0 Å². The van der Waals surface area contributed by atoms with Crippen LogP contribution in [0.4, 0.5) is 10.1 Å². The van der Waals surface area contributed by atoms with Gasteiger partial charge in [0.05, 0.1) is 18.1 Å². The highest BCUT2D eigenvalue weighted by Gasteiger charge is 2.13. The largest absolute Gasteiger partial charge is 0.376 e. The van der Waals surface area contributed by atoms with Crippen molar-refractivity contribution in [3.05, 3.63) is 51.8 Å². The third kappa shape index (κ3) is 5.58. The Kier molecular flexibility index (Phi) is 6.11. The fraction of sp³-hybridized carbons (Fsp3) is 0.385. The Morgan fingerprint density at radius 2 is 2.32 bits per heavy atom. The maximum absolute atomic E-state index is 13.3. The Labute approximate surface area is 111 Å². The number of nitro groups is 1. The first-order valence-electron chi connectivity index (χ1n) is 5.86. The second-order valence-corrected chi connectivity index (χ2v) is 4.23. The van der Waals surface area contributed by atoms with Gasteiger partial charge < -0.3 is 10.1 Å². The van der Waals surface area contributed by atoms with Crippen molar-refractivity contribution in [3.8, 4) is 0 Å². The van der Waals surface area contributed by atoms with Crippen molar-refractivity contribution in [2.24, 2.45) is 0 Å². The van der Waals surface area contributed by atoms with E-state index in [0.29, 0.717) is 31.9 Å². The van der Waals surface area contributed by atoms with Gasteiger partial charge in [-0.2, -0.15) is 4.39 Å². The zero-order chi connectivity index (χ0) is 14.3. The van der Waals surface area contributed by atoms with Gasteiger partial charge in [0.15, 0.2) is 0 Å². The third-order valence-corrected chi connectivity index (χ3v) is 2.31. The molecule has 1 N–H and O–H groups in total. The average molecular weight is 268 g/mol. The lowest BCUT2D eigenvalue weighted by Gasteiger charge is -2.06. The number of hydrogen-bond donors (Lipinski definition) is 1. The highest BCUT2D eigenvalue weighted by Crippen LogP contribution is 2.17. The minimum atomic E-state index is -0.817. The molecule has 0 spiro atoms. The van der Waals surface area contributed by atoms with Crippen molar-refractivity contribution in [2.45, 2.75) is 13.5 Å². The first-order chi connectivity index (χ1) is 9.00. The lowest BCUT2D eigenvalue weighted by atomic mass is 10.2. The van der Waals surface area contributed by atoms with E-state index >= 15 is 0 Å². The minimum Gasteiger partial charge on any atom is -0.376 e. The predicted molar refractivity (Wildman–Crippen MR) is 70.4 cm³/mol. The Morgan fingerprint density at radius 1 is 1.58 bits per heavy atom. The van der Waals surface area contributed by atoms with Crippen LogP contribution in [0.2, 0.25) is 0 Å². The molecular weight excluding hydrogens is 251 g/mol. The van der Waals surface area contributed by atoms with Crippen LogP contribution >= 0.6 is 0 Å². The van der Waals surface area contributed by atoms with E-state index in [1.165, 1.54) is 18.2 Å². The Balaban J connectivity index is 2.32. The molecule has 0 aliphatic heterocycles. The summed E-state index contributed by atoms with van der Waals surface area (Å²) in [6.07, 6.45) is 0. The third-order valence-electron chi connectivity index (χ3n) is 2.31. The van der Waals surface area contributed by atoms with Crippen molar-refractivity contribution >= 4 is 5.69 Å². The summed E-state index contributed by atoms with van der Waals surface area (Å²) in [5.74, 6) is -0.817. The van der Waals surface area contributed by atoms with Crippen molar-refractivity contribution in [1.82, 2.24) is 5.32 Å². The molecule has 0 aliphatic carbocycles. The van der Waals surface area contributed by atoms with Gasteiger partial charge in [0.2, 0.25) is 5.82 Å². The summed E-state index contributed by atoms with van der Waals surface area (Å²) >= 11 is 0. The maximum Gasteiger partial charge on any atom is 0.304 e. The minimum absolute atomic E-state index is 0.436. The SMILES string of the molecule is C=C(C)COCCNCc1ccc([N+](=O)[O-])c(F)c1. The molecule has 6 heteroatoms. The first-order valence-corrected chi connectivity index (χ1v) is 5.86. The van der Waals surface area contributed by atoms with Gasteiger partial charge >= 0.3 is 5.69 Å². The summed E-state index contributed by atoms with van der Waals surface area (Å²) in [5, 5.41) is 13.5. The molecule has 5 nitrogen and oxygen atoms in total. The molecule has 1 aromatic rings. The highest BCUT2D eigenvalue weighted by molar-refractivity contribution is 5.34. The molecular formula is C13H17FN2O3. The number of halogens is 1. The maximum atomic E-state index is 13.3. The van der Waals surface area contributed by atoms with Crippen LogP contribution in [0.15, 0.2) is 30.4 Å². The summed E-state index contributed by atoms with van der Waals surface area (Å²) in [4.78, 5) is 9.71. The van der Waals surface area contributed by atoms with Crippen molar-refractivity contribution in [3.63, 3.8) is 0 Å². The van der Waals surface area contributed by atoms with Crippen LogP contribution in [-0.4, -0.2) is 24.7 Å². The summed E-state index contributed by atoms with van der Waals surface area (Å²) in [6, 6.07) is 3.87. The molecule has 104 valence electrons. The zero-order valence-corrected chi connectivity index (χ0v) is 10.8. The molecule has 0 aromatic heterocycles. The number of hydrogen-bond acceptors (Lipinski definition) is 4. The molecule has 0 amide bonds. The van der Waals surface area contributed by atoms with Gasteiger partial charge in [0.25, 0.3) is 0 Å². The second kappa shape index (κ2) is 7.60. The molecule has 0 fully saturated rings. The standard InChI is InChI=1S/C13H17FN2O3/c1-10(2)9-19-6-5-15-8-11-3-4-13(16(17)18)12(14)7-11/h3-4,7,15H,1,5-6,8-9H2,2H3. The number of nitro benzene ring substituents is 1. The lowest BCUT2D eigenvalue weighted by Crippen LogP contribution is -2.19. The van der Waals surface area contributed by atoms with Crippen LogP contribution < -0.4 is 5.32 Å². The van der Waals surface area contributed by atoms with E-state index in [9.17, 15) is 14.5 Å². The van der Waals surface area contributed by atoms with Crippen LogP contribution in [0.1, 0.15) is 12.5 Å². The Bertz CT molecular complexity index is 463. The van der Waals surface area contributed by atoms with E-state index in [1.54, 1.807) is 0 Å². The molecule has 0 saturated heterocycles. The molecule has 0 bridgehead atoms. The number of nitrogens with zero attached hydrogens (tertiary/aromatic N) is 1. The number of benzene rings is 1. The first kappa shape index (κ1) is 15.3. The van der Waals surface area contributed by atoms with Crippen LogP contribution in [0, 0.1) is 15.9 Å². The van der Waals surface area contributed by atoms with E-state index in [0.717, 1.165) is 5.57 Å². The Hall–Kier alpha value is -1.79. The van der Waals surface area contributed by atoms with E-state index in [2.05, 4.69) is 11.9 Å². The van der Waals surface area contributed by atoms with Crippen LogP contribution in [0.5, 0.6) is 0 Å². The molecule has 19 heavy (non-hydrogen) atoms. The van der Waals surface area contributed by atoms with E-state index in [-0.39, 0.29) is 0 Å². The van der Waals surface area contributed by atoms with Crippen LogP contribution in [0.25, 0.3) is 0 Å². The van der Waals surface area contributed by atoms with E-state index in [4.69, 9.17) is 4.74 Å². The van der Waals surface area contributed by atoms with Crippen LogP contribution in [0.3, 0.4) is 0 Å². The smallest absolute Gasteiger partial charge is 0.304 e. The highest BCUT2D eigenvalue weighted by atomic mass is 19.1. The topological polar surface area (TPSA) is 64.4 Å². The number of ether oxygens (including phenoxy) is 1. The van der Waals surface area contributed by atoms with Gasteiger partial charge in [-0.1, -0.05) is 18.2 Å². The fourth-order valence-corrected chi connectivity index (χ4v) is 1.43. The normalized spacial score (nSPS) is 10.4. The van der Waals surface area contributed by atoms with Gasteiger partial charge in [0.1, 0.15) is 0 Å².